The number of methoxy groups -OCH3 is 3. The second-order valence-corrected chi connectivity index (χ2v) is 6.30. The molecule has 2 aromatic carbocycles. The number of hydrogen-bond acceptors (Lipinski definition) is 6. The molecule has 144 valence electrons. The van der Waals surface area contributed by atoms with E-state index >= 15 is 0 Å². The van der Waals surface area contributed by atoms with Crippen LogP contribution in [0.15, 0.2) is 40.9 Å². The Hall–Kier alpha value is -2.74. The summed E-state index contributed by atoms with van der Waals surface area (Å²) in [4.78, 5) is 24.2. The van der Waals surface area contributed by atoms with E-state index in [2.05, 4.69) is 21.2 Å². The van der Waals surface area contributed by atoms with Gasteiger partial charge in [-0.1, -0.05) is 28.1 Å². The molecule has 0 aliphatic heterocycles. The molecule has 2 rings (SSSR count). The lowest BCUT2D eigenvalue weighted by atomic mass is 10.1. The van der Waals surface area contributed by atoms with Crippen LogP contribution in [-0.2, 0) is 16.1 Å². The van der Waals surface area contributed by atoms with Gasteiger partial charge in [-0.25, -0.2) is 0 Å². The van der Waals surface area contributed by atoms with Crippen LogP contribution in [-0.4, -0.2) is 39.8 Å². The van der Waals surface area contributed by atoms with Crippen molar-refractivity contribution in [3.8, 4) is 17.2 Å². The average Bonchev–Trinajstić information content (AvgIpc) is 2.69. The van der Waals surface area contributed by atoms with Crippen LogP contribution in [0.2, 0.25) is 0 Å². The van der Waals surface area contributed by atoms with E-state index in [1.54, 1.807) is 0 Å². The normalized spacial score (nSPS) is 10.1. The Bertz CT molecular complexity index is 799. The number of benzene rings is 2. The second-order valence-electron chi connectivity index (χ2n) is 5.39. The van der Waals surface area contributed by atoms with E-state index in [9.17, 15) is 9.59 Å². The van der Waals surface area contributed by atoms with Crippen LogP contribution in [0.1, 0.15) is 15.9 Å². The van der Waals surface area contributed by atoms with Gasteiger partial charge in [0.15, 0.2) is 11.5 Å². The third kappa shape index (κ3) is 5.62. The molecule has 8 heteroatoms. The third-order valence-corrected chi connectivity index (χ3v) is 4.10. The highest BCUT2D eigenvalue weighted by molar-refractivity contribution is 9.10. The highest BCUT2D eigenvalue weighted by atomic mass is 79.9. The summed E-state index contributed by atoms with van der Waals surface area (Å²) in [6, 6.07) is 10.4. The van der Waals surface area contributed by atoms with Crippen LogP contribution in [0.4, 0.5) is 0 Å². The van der Waals surface area contributed by atoms with Gasteiger partial charge in [-0.05, 0) is 29.8 Å². The number of amides is 1. The van der Waals surface area contributed by atoms with E-state index < -0.39 is 11.9 Å². The number of esters is 1. The number of carbonyl (C=O) groups excluding carboxylic acids is 2. The summed E-state index contributed by atoms with van der Waals surface area (Å²) in [5.74, 6) is 0.0628. The van der Waals surface area contributed by atoms with Crippen molar-refractivity contribution in [3.05, 3.63) is 52.0 Å². The van der Waals surface area contributed by atoms with Crippen molar-refractivity contribution in [1.82, 2.24) is 5.32 Å². The molecule has 0 saturated carbocycles. The zero-order chi connectivity index (χ0) is 19.8. The molecule has 0 fully saturated rings. The third-order valence-electron chi connectivity index (χ3n) is 3.61. The molecule has 7 nitrogen and oxygen atoms in total. The molecule has 0 aliphatic carbocycles. The van der Waals surface area contributed by atoms with Crippen LogP contribution in [0.3, 0.4) is 0 Å². The summed E-state index contributed by atoms with van der Waals surface area (Å²) < 4.78 is 21.7. The Balaban J connectivity index is 1.95. The lowest BCUT2D eigenvalue weighted by molar-refractivity contribution is -0.143. The van der Waals surface area contributed by atoms with Crippen molar-refractivity contribution in [1.29, 1.82) is 0 Å². The van der Waals surface area contributed by atoms with Gasteiger partial charge in [-0.2, -0.15) is 0 Å². The minimum Gasteiger partial charge on any atom is -0.493 e. The predicted molar refractivity (Wildman–Crippen MR) is 102 cm³/mol. The Labute approximate surface area is 165 Å². The highest BCUT2D eigenvalue weighted by Gasteiger charge is 2.17. The van der Waals surface area contributed by atoms with E-state index in [0.717, 1.165) is 10.0 Å². The molecular weight excluding hydrogens is 418 g/mol. The van der Waals surface area contributed by atoms with Crippen molar-refractivity contribution >= 4 is 27.8 Å². The van der Waals surface area contributed by atoms with E-state index in [1.165, 1.54) is 33.5 Å². The lowest BCUT2D eigenvalue weighted by Crippen LogP contribution is -2.30. The minimum atomic E-state index is -0.546. The number of carbonyl (C=O) groups is 2. The number of hydrogen-bond donors (Lipinski definition) is 1. The molecule has 0 spiro atoms. The van der Waals surface area contributed by atoms with Gasteiger partial charge in [0.1, 0.15) is 13.2 Å². The molecule has 0 unspecified atom stereocenters. The summed E-state index contributed by atoms with van der Waals surface area (Å²) in [5.41, 5.74) is 1.11. The largest absolute Gasteiger partial charge is 0.493 e. The van der Waals surface area contributed by atoms with Gasteiger partial charge in [-0.15, -0.1) is 0 Å². The molecule has 0 atom stereocenters. The summed E-state index contributed by atoms with van der Waals surface area (Å²) >= 11 is 3.35. The Morgan fingerprint density at radius 1 is 1.00 bits per heavy atom. The van der Waals surface area contributed by atoms with Crippen LogP contribution in [0.5, 0.6) is 17.2 Å². The molecule has 0 heterocycles. The fourth-order valence-corrected chi connectivity index (χ4v) is 2.75. The fraction of sp³-hybridized carbons (Fsp3) is 0.263. The van der Waals surface area contributed by atoms with Gasteiger partial charge in [0, 0.05) is 10.0 Å². The molecule has 0 bridgehead atoms. The minimum absolute atomic E-state index is 0.123. The first-order valence-electron chi connectivity index (χ1n) is 7.96. The van der Waals surface area contributed by atoms with E-state index in [4.69, 9.17) is 18.9 Å². The van der Waals surface area contributed by atoms with Crippen molar-refractivity contribution < 1.29 is 28.5 Å². The van der Waals surface area contributed by atoms with Gasteiger partial charge >= 0.3 is 5.97 Å². The number of ether oxygens (including phenoxy) is 4. The summed E-state index contributed by atoms with van der Waals surface area (Å²) in [7, 11) is 4.39. The molecule has 27 heavy (non-hydrogen) atoms. The standard InChI is InChI=1S/C19H20BrNO6/c1-24-15-8-13(9-16(25-2)18(15)26-3)19(23)21-10-17(22)27-11-12-5-4-6-14(20)7-12/h4-9H,10-11H2,1-3H3,(H,21,23). The summed E-state index contributed by atoms with van der Waals surface area (Å²) in [5, 5.41) is 2.51. The molecule has 2 aromatic rings. The maximum Gasteiger partial charge on any atom is 0.325 e. The maximum atomic E-state index is 12.3. The van der Waals surface area contributed by atoms with E-state index in [-0.39, 0.29) is 18.7 Å². The zero-order valence-corrected chi connectivity index (χ0v) is 16.8. The van der Waals surface area contributed by atoms with E-state index in [0.29, 0.717) is 17.2 Å². The molecule has 0 aromatic heterocycles. The summed E-state index contributed by atoms with van der Waals surface area (Å²) in [6.45, 7) is -0.137. The number of rotatable bonds is 8. The molecule has 0 saturated heterocycles. The predicted octanol–water partition coefficient (Wildman–Crippen LogP) is 2.95. The Kier molecular flexibility index (Phi) is 7.48. The van der Waals surface area contributed by atoms with Crippen molar-refractivity contribution in [3.63, 3.8) is 0 Å². The van der Waals surface area contributed by atoms with Crippen molar-refractivity contribution in [2.24, 2.45) is 0 Å². The second kappa shape index (κ2) is 9.82. The van der Waals surface area contributed by atoms with Gasteiger partial charge in [0.2, 0.25) is 5.75 Å². The Morgan fingerprint density at radius 2 is 1.67 bits per heavy atom. The van der Waals surface area contributed by atoms with Gasteiger partial charge < -0.3 is 24.3 Å². The van der Waals surface area contributed by atoms with Crippen LogP contribution in [0.25, 0.3) is 0 Å². The molecule has 1 N–H and O–H groups in total. The number of nitrogens with one attached hydrogen (secondary N) is 1. The van der Waals surface area contributed by atoms with Gasteiger partial charge in [-0.3, -0.25) is 9.59 Å². The topological polar surface area (TPSA) is 83.1 Å². The van der Waals surface area contributed by atoms with Gasteiger partial charge in [0.25, 0.3) is 5.91 Å². The molecule has 0 radical (unpaired) electrons. The highest BCUT2D eigenvalue weighted by Crippen LogP contribution is 2.38. The first-order valence-corrected chi connectivity index (χ1v) is 8.76. The SMILES string of the molecule is COc1cc(C(=O)NCC(=O)OCc2cccc(Br)c2)cc(OC)c1OC. The Morgan fingerprint density at radius 3 is 2.22 bits per heavy atom. The zero-order valence-electron chi connectivity index (χ0n) is 15.2. The average molecular weight is 438 g/mol. The smallest absolute Gasteiger partial charge is 0.325 e. The van der Waals surface area contributed by atoms with Crippen LogP contribution >= 0.6 is 15.9 Å². The maximum absolute atomic E-state index is 12.3. The van der Waals surface area contributed by atoms with Crippen LogP contribution in [0, 0.1) is 0 Å². The van der Waals surface area contributed by atoms with Crippen molar-refractivity contribution in [2.75, 3.05) is 27.9 Å². The van der Waals surface area contributed by atoms with Gasteiger partial charge in [0.05, 0.1) is 21.3 Å². The molecule has 0 aliphatic rings. The van der Waals surface area contributed by atoms with E-state index in [1.807, 2.05) is 24.3 Å². The first kappa shape index (κ1) is 20.6. The quantitative estimate of drug-likeness (QED) is 0.639. The molecule has 1 amide bonds. The first-order chi connectivity index (χ1) is 13.0. The number of halogens is 1. The monoisotopic (exact) mass is 437 g/mol. The fourth-order valence-electron chi connectivity index (χ4n) is 2.31. The molecular formula is C19H20BrNO6. The summed E-state index contributed by atoms with van der Waals surface area (Å²) in [6.07, 6.45) is 0. The lowest BCUT2D eigenvalue weighted by Gasteiger charge is -2.14. The van der Waals surface area contributed by atoms with Crippen molar-refractivity contribution in [2.45, 2.75) is 6.61 Å². The van der Waals surface area contributed by atoms with Crippen LogP contribution < -0.4 is 19.5 Å².